The van der Waals surface area contributed by atoms with Crippen molar-refractivity contribution in [3.05, 3.63) is 25.1 Å². The van der Waals surface area contributed by atoms with Crippen LogP contribution >= 0.6 is 0 Å². The van der Waals surface area contributed by atoms with E-state index in [1.54, 1.807) is 0 Å². The summed E-state index contributed by atoms with van der Waals surface area (Å²) in [5.74, 6) is 2.37. The number of benzene rings is 1. The second-order valence-electron chi connectivity index (χ2n) is 4.04. The monoisotopic (exact) mass is 251 g/mol. The largest absolute Gasteiger partial charge is 0.493 e. The molecule has 0 aliphatic heterocycles. The Bertz CT molecular complexity index is 272. The van der Waals surface area contributed by atoms with Crippen molar-refractivity contribution in [1.82, 2.24) is 0 Å². The van der Waals surface area contributed by atoms with Crippen LogP contribution < -0.4 is 14.2 Å². The van der Waals surface area contributed by atoms with Crippen LogP contribution in [0.2, 0.25) is 0 Å². The first-order valence-electron chi connectivity index (χ1n) is 6.62. The molecule has 1 radical (unpaired) electrons. The molecule has 1 aromatic rings. The highest BCUT2D eigenvalue weighted by Gasteiger charge is 2.04. The molecule has 0 spiro atoms. The Kier molecular flexibility index (Phi) is 7.07. The highest BCUT2D eigenvalue weighted by atomic mass is 16.5. The van der Waals surface area contributed by atoms with E-state index in [1.165, 1.54) is 0 Å². The van der Waals surface area contributed by atoms with Gasteiger partial charge in [0, 0.05) is 18.2 Å². The Hall–Kier alpha value is -1.38. The van der Waals surface area contributed by atoms with Crippen molar-refractivity contribution in [1.29, 1.82) is 0 Å². The van der Waals surface area contributed by atoms with E-state index in [1.807, 2.05) is 18.2 Å². The van der Waals surface area contributed by atoms with E-state index in [9.17, 15) is 0 Å². The van der Waals surface area contributed by atoms with Gasteiger partial charge in [-0.05, 0) is 26.2 Å². The molecule has 0 aliphatic rings. The first-order valence-corrected chi connectivity index (χ1v) is 6.62. The Balaban J connectivity index is 2.74. The molecule has 3 heteroatoms. The molecule has 18 heavy (non-hydrogen) atoms. The van der Waals surface area contributed by atoms with Crippen molar-refractivity contribution in [2.75, 3.05) is 19.8 Å². The van der Waals surface area contributed by atoms with Gasteiger partial charge in [0.1, 0.15) is 17.2 Å². The van der Waals surface area contributed by atoms with E-state index in [-0.39, 0.29) is 0 Å². The number of hydrogen-bond donors (Lipinski definition) is 0. The Morgan fingerprint density at radius 3 is 1.50 bits per heavy atom. The quantitative estimate of drug-likeness (QED) is 0.667. The lowest BCUT2D eigenvalue weighted by Gasteiger charge is -2.12. The number of hydrogen-bond acceptors (Lipinski definition) is 3. The maximum absolute atomic E-state index is 5.62. The fourth-order valence-corrected chi connectivity index (χ4v) is 1.43. The molecule has 0 fully saturated rings. The standard InChI is InChI=1S/C15H23O3/c1-4-7-16-13-10-14(17-8-5-2)12-15(11-13)18-9-6-3/h10-12H,1,4-9H2,2-3H3. The second kappa shape index (κ2) is 8.67. The number of rotatable bonds is 9. The van der Waals surface area contributed by atoms with Gasteiger partial charge in [0.05, 0.1) is 19.8 Å². The highest BCUT2D eigenvalue weighted by molar-refractivity contribution is 5.42. The molecular weight excluding hydrogens is 228 g/mol. The third-order valence-electron chi connectivity index (χ3n) is 2.21. The minimum absolute atomic E-state index is 0.602. The third-order valence-corrected chi connectivity index (χ3v) is 2.21. The van der Waals surface area contributed by atoms with Crippen molar-refractivity contribution in [3.8, 4) is 17.2 Å². The van der Waals surface area contributed by atoms with Crippen molar-refractivity contribution >= 4 is 0 Å². The lowest BCUT2D eigenvalue weighted by Crippen LogP contribution is -2.01. The molecule has 0 aromatic heterocycles. The van der Waals surface area contributed by atoms with E-state index < -0.39 is 0 Å². The van der Waals surface area contributed by atoms with Crippen molar-refractivity contribution in [3.63, 3.8) is 0 Å². The molecule has 0 saturated carbocycles. The van der Waals surface area contributed by atoms with Gasteiger partial charge in [0.15, 0.2) is 0 Å². The SMILES string of the molecule is [CH2]CCOc1cc(OCCC)cc(OCCC)c1. The first kappa shape index (κ1) is 14.7. The molecule has 0 unspecified atom stereocenters. The fraction of sp³-hybridized carbons (Fsp3) is 0.533. The van der Waals surface area contributed by atoms with Gasteiger partial charge < -0.3 is 14.2 Å². The van der Waals surface area contributed by atoms with Gasteiger partial charge in [-0.2, -0.15) is 0 Å². The maximum atomic E-state index is 5.62. The predicted octanol–water partition coefficient (Wildman–Crippen LogP) is 3.87. The number of ether oxygens (including phenoxy) is 3. The van der Waals surface area contributed by atoms with Gasteiger partial charge in [-0.25, -0.2) is 0 Å². The van der Waals surface area contributed by atoms with Crippen molar-refractivity contribution in [2.24, 2.45) is 0 Å². The van der Waals surface area contributed by atoms with Crippen LogP contribution in [0.1, 0.15) is 33.1 Å². The molecule has 1 rings (SSSR count). The van der Waals surface area contributed by atoms with Gasteiger partial charge >= 0.3 is 0 Å². The minimum atomic E-state index is 0.602. The Morgan fingerprint density at radius 2 is 1.17 bits per heavy atom. The summed E-state index contributed by atoms with van der Waals surface area (Å²) in [5.41, 5.74) is 0. The van der Waals surface area contributed by atoms with E-state index in [4.69, 9.17) is 14.2 Å². The lowest BCUT2D eigenvalue weighted by atomic mass is 10.3. The van der Waals surface area contributed by atoms with Crippen LogP contribution in [0.25, 0.3) is 0 Å². The molecule has 0 heterocycles. The van der Waals surface area contributed by atoms with Gasteiger partial charge in [0.2, 0.25) is 0 Å². The molecule has 1 aromatic carbocycles. The summed E-state index contributed by atoms with van der Waals surface area (Å²) in [4.78, 5) is 0. The smallest absolute Gasteiger partial charge is 0.126 e. The molecule has 0 saturated heterocycles. The average molecular weight is 251 g/mol. The zero-order valence-electron chi connectivity index (χ0n) is 11.4. The van der Waals surface area contributed by atoms with Crippen LogP contribution in [0.4, 0.5) is 0 Å². The van der Waals surface area contributed by atoms with E-state index in [2.05, 4.69) is 20.8 Å². The topological polar surface area (TPSA) is 27.7 Å². The Labute approximate surface area is 110 Å². The summed E-state index contributed by atoms with van der Waals surface area (Å²) in [5, 5.41) is 0. The molecule has 0 N–H and O–H groups in total. The zero-order valence-corrected chi connectivity index (χ0v) is 11.4. The van der Waals surface area contributed by atoms with Crippen LogP contribution in [0.15, 0.2) is 18.2 Å². The summed E-state index contributed by atoms with van der Waals surface area (Å²) >= 11 is 0. The molecule has 0 aliphatic carbocycles. The first-order chi connectivity index (χ1) is 8.80. The minimum Gasteiger partial charge on any atom is -0.493 e. The normalized spacial score (nSPS) is 10.2. The maximum Gasteiger partial charge on any atom is 0.126 e. The van der Waals surface area contributed by atoms with Gasteiger partial charge in [-0.15, -0.1) is 0 Å². The van der Waals surface area contributed by atoms with Crippen LogP contribution in [0, 0.1) is 6.92 Å². The van der Waals surface area contributed by atoms with E-state index in [0.717, 1.165) is 36.5 Å². The summed E-state index contributed by atoms with van der Waals surface area (Å²) < 4.78 is 16.8. The van der Waals surface area contributed by atoms with Gasteiger partial charge in [-0.1, -0.05) is 13.8 Å². The summed E-state index contributed by atoms with van der Waals surface area (Å²) in [6.07, 6.45) is 2.70. The molecular formula is C15H23O3. The lowest BCUT2D eigenvalue weighted by molar-refractivity contribution is 0.288. The molecule has 0 bridgehead atoms. The van der Waals surface area contributed by atoms with Crippen LogP contribution in [0.3, 0.4) is 0 Å². The molecule has 3 nitrogen and oxygen atoms in total. The summed E-state index contributed by atoms with van der Waals surface area (Å²) in [6.45, 7) is 9.92. The predicted molar refractivity (Wildman–Crippen MR) is 73.5 cm³/mol. The average Bonchev–Trinajstić information content (AvgIpc) is 2.40. The molecule has 0 amide bonds. The second-order valence-corrected chi connectivity index (χ2v) is 4.04. The molecule has 0 atom stereocenters. The van der Waals surface area contributed by atoms with E-state index in [0.29, 0.717) is 19.8 Å². The fourth-order valence-electron chi connectivity index (χ4n) is 1.43. The zero-order chi connectivity index (χ0) is 13.2. The van der Waals surface area contributed by atoms with Crippen LogP contribution in [0.5, 0.6) is 17.2 Å². The third kappa shape index (κ3) is 5.30. The Morgan fingerprint density at radius 1 is 0.778 bits per heavy atom. The highest BCUT2D eigenvalue weighted by Crippen LogP contribution is 2.28. The van der Waals surface area contributed by atoms with Crippen molar-refractivity contribution in [2.45, 2.75) is 33.1 Å². The van der Waals surface area contributed by atoms with Gasteiger partial charge in [0.25, 0.3) is 0 Å². The molecule has 101 valence electrons. The van der Waals surface area contributed by atoms with Crippen LogP contribution in [-0.2, 0) is 0 Å². The van der Waals surface area contributed by atoms with Crippen molar-refractivity contribution < 1.29 is 14.2 Å². The van der Waals surface area contributed by atoms with Crippen LogP contribution in [-0.4, -0.2) is 19.8 Å². The summed E-state index contributed by atoms with van der Waals surface area (Å²) in [6, 6.07) is 5.69. The summed E-state index contributed by atoms with van der Waals surface area (Å²) in [7, 11) is 0. The van der Waals surface area contributed by atoms with E-state index >= 15 is 0 Å². The van der Waals surface area contributed by atoms with Gasteiger partial charge in [-0.3, -0.25) is 0 Å².